The quantitative estimate of drug-likeness (QED) is 0.797. The van der Waals surface area contributed by atoms with Gasteiger partial charge in [-0.15, -0.1) is 0 Å². The number of benzene rings is 1. The lowest BCUT2D eigenvalue weighted by Gasteiger charge is -2.28. The molecule has 5 heteroatoms. The van der Waals surface area contributed by atoms with Gasteiger partial charge in [0.1, 0.15) is 0 Å². The highest BCUT2D eigenvalue weighted by molar-refractivity contribution is 9.10. The van der Waals surface area contributed by atoms with E-state index < -0.39 is 10.0 Å². The molecule has 1 atom stereocenters. The summed E-state index contributed by atoms with van der Waals surface area (Å²) in [5.74, 6) is 0.141. The van der Waals surface area contributed by atoms with Gasteiger partial charge in [-0.1, -0.05) is 41.1 Å². The number of halogens is 1. The van der Waals surface area contributed by atoms with Gasteiger partial charge in [0.15, 0.2) is 0 Å². The van der Waals surface area contributed by atoms with Crippen molar-refractivity contribution in [1.29, 1.82) is 0 Å². The molecular weight excluding hydrogens is 314 g/mol. The Morgan fingerprint density at radius 2 is 1.89 bits per heavy atom. The first kappa shape index (κ1) is 15.7. The molecule has 3 nitrogen and oxygen atoms in total. The van der Waals surface area contributed by atoms with Crippen LogP contribution in [0.4, 0.5) is 0 Å². The fourth-order valence-electron chi connectivity index (χ4n) is 1.93. The van der Waals surface area contributed by atoms with Crippen LogP contribution >= 0.6 is 15.9 Å². The highest BCUT2D eigenvalue weighted by Gasteiger charge is 2.26. The van der Waals surface area contributed by atoms with Crippen molar-refractivity contribution < 1.29 is 8.42 Å². The number of hydrogen-bond acceptors (Lipinski definition) is 2. The topological polar surface area (TPSA) is 37.4 Å². The molecule has 18 heavy (non-hydrogen) atoms. The summed E-state index contributed by atoms with van der Waals surface area (Å²) in [5, 5.41) is 0. The van der Waals surface area contributed by atoms with Crippen molar-refractivity contribution in [1.82, 2.24) is 4.31 Å². The van der Waals surface area contributed by atoms with Crippen molar-refractivity contribution in [3.05, 3.63) is 34.3 Å². The largest absolute Gasteiger partial charge is 0.214 e. The zero-order valence-electron chi connectivity index (χ0n) is 11.1. The van der Waals surface area contributed by atoms with E-state index in [1.165, 1.54) is 0 Å². The zero-order chi connectivity index (χ0) is 13.8. The zero-order valence-corrected chi connectivity index (χ0v) is 13.5. The molecule has 0 aliphatic heterocycles. The maximum Gasteiger partial charge on any atom is 0.214 e. The minimum absolute atomic E-state index is 0.141. The van der Waals surface area contributed by atoms with Crippen molar-refractivity contribution >= 4 is 26.0 Å². The van der Waals surface area contributed by atoms with Crippen molar-refractivity contribution in [2.75, 3.05) is 12.3 Å². The third kappa shape index (κ3) is 3.56. The predicted octanol–water partition coefficient (Wildman–Crippen LogP) is 3.57. The second kappa shape index (κ2) is 6.68. The summed E-state index contributed by atoms with van der Waals surface area (Å²) in [7, 11) is -3.17. The van der Waals surface area contributed by atoms with Gasteiger partial charge in [-0.05, 0) is 31.9 Å². The van der Waals surface area contributed by atoms with Crippen LogP contribution in [-0.4, -0.2) is 25.0 Å². The molecule has 0 amide bonds. The Labute approximate surface area is 118 Å². The van der Waals surface area contributed by atoms with Crippen LogP contribution in [0.1, 0.15) is 38.8 Å². The highest BCUT2D eigenvalue weighted by atomic mass is 79.9. The van der Waals surface area contributed by atoms with Crippen molar-refractivity contribution in [2.24, 2.45) is 0 Å². The van der Waals surface area contributed by atoms with E-state index in [-0.39, 0.29) is 11.8 Å². The van der Waals surface area contributed by atoms with Crippen LogP contribution in [0, 0.1) is 0 Å². The van der Waals surface area contributed by atoms with E-state index in [2.05, 4.69) is 15.9 Å². The normalized spacial score (nSPS) is 13.8. The molecule has 0 N–H and O–H groups in total. The first-order valence-corrected chi connectivity index (χ1v) is 8.58. The van der Waals surface area contributed by atoms with Gasteiger partial charge < -0.3 is 0 Å². The van der Waals surface area contributed by atoms with Crippen LogP contribution in [-0.2, 0) is 10.0 Å². The summed E-state index contributed by atoms with van der Waals surface area (Å²) in [6.07, 6.45) is 0.814. The molecular formula is C13H20BrNO2S. The lowest BCUT2D eigenvalue weighted by molar-refractivity contribution is 0.342. The second-order valence-electron chi connectivity index (χ2n) is 4.21. The molecule has 0 aliphatic carbocycles. The van der Waals surface area contributed by atoms with Gasteiger partial charge in [-0.25, -0.2) is 8.42 Å². The van der Waals surface area contributed by atoms with Crippen LogP contribution < -0.4 is 0 Å². The van der Waals surface area contributed by atoms with Crippen LogP contribution in [0.5, 0.6) is 0 Å². The average Bonchev–Trinajstić information content (AvgIpc) is 2.35. The smallest absolute Gasteiger partial charge is 0.212 e. The monoisotopic (exact) mass is 333 g/mol. The van der Waals surface area contributed by atoms with Crippen molar-refractivity contribution in [3.8, 4) is 0 Å². The van der Waals surface area contributed by atoms with Gasteiger partial charge >= 0.3 is 0 Å². The summed E-state index contributed by atoms with van der Waals surface area (Å²) in [6.45, 7) is 6.16. The van der Waals surface area contributed by atoms with E-state index in [4.69, 9.17) is 0 Å². The Morgan fingerprint density at radius 3 is 2.39 bits per heavy atom. The summed E-state index contributed by atoms with van der Waals surface area (Å²) in [5.41, 5.74) is 1.00. The molecule has 0 bridgehead atoms. The van der Waals surface area contributed by atoms with Crippen LogP contribution in [0.25, 0.3) is 0 Å². The summed E-state index contributed by atoms with van der Waals surface area (Å²) < 4.78 is 26.8. The summed E-state index contributed by atoms with van der Waals surface area (Å²) in [4.78, 5) is 0. The molecule has 0 aliphatic rings. The molecule has 1 unspecified atom stereocenters. The molecule has 0 spiro atoms. The first-order chi connectivity index (χ1) is 8.44. The van der Waals surface area contributed by atoms with Gasteiger partial charge in [0.25, 0.3) is 0 Å². The fraction of sp³-hybridized carbons (Fsp3) is 0.538. The van der Waals surface area contributed by atoms with Gasteiger partial charge in [0.05, 0.1) is 5.75 Å². The minimum Gasteiger partial charge on any atom is -0.212 e. The Kier molecular flexibility index (Phi) is 5.82. The number of rotatable bonds is 6. The Balaban J connectivity index is 3.12. The highest BCUT2D eigenvalue weighted by Crippen LogP contribution is 2.29. The molecule has 0 saturated carbocycles. The standard InChI is InChI=1S/C13H20BrNO2S/c1-4-10-15(18(16,17)5-2)11(3)12-8-6-7-9-13(12)14/h6-9,11H,4-5,10H2,1-3H3. The molecule has 0 heterocycles. The summed E-state index contributed by atoms with van der Waals surface area (Å²) >= 11 is 3.48. The second-order valence-corrected chi connectivity index (χ2v) is 7.27. The first-order valence-electron chi connectivity index (χ1n) is 6.18. The fourth-order valence-corrected chi connectivity index (χ4v) is 3.93. The van der Waals surface area contributed by atoms with E-state index >= 15 is 0 Å². The molecule has 1 rings (SSSR count). The van der Waals surface area contributed by atoms with Gasteiger partial charge in [-0.2, -0.15) is 4.31 Å². The van der Waals surface area contributed by atoms with Gasteiger partial charge in [0.2, 0.25) is 10.0 Å². The van der Waals surface area contributed by atoms with Crippen molar-refractivity contribution in [2.45, 2.75) is 33.2 Å². The minimum atomic E-state index is -3.17. The van der Waals surface area contributed by atoms with E-state index in [9.17, 15) is 8.42 Å². The van der Waals surface area contributed by atoms with Crippen LogP contribution in [0.15, 0.2) is 28.7 Å². The number of nitrogens with zero attached hydrogens (tertiary/aromatic N) is 1. The molecule has 0 fully saturated rings. The molecule has 0 saturated heterocycles. The van der Waals surface area contributed by atoms with E-state index in [1.807, 2.05) is 38.1 Å². The number of sulfonamides is 1. The SMILES string of the molecule is CCCN(C(C)c1ccccc1Br)S(=O)(=O)CC. The Morgan fingerprint density at radius 1 is 1.28 bits per heavy atom. The van der Waals surface area contributed by atoms with Crippen LogP contribution in [0.2, 0.25) is 0 Å². The number of hydrogen-bond donors (Lipinski definition) is 0. The molecule has 1 aromatic rings. The predicted molar refractivity (Wildman–Crippen MR) is 79.0 cm³/mol. The van der Waals surface area contributed by atoms with Gasteiger partial charge in [0, 0.05) is 17.1 Å². The lowest BCUT2D eigenvalue weighted by atomic mass is 10.1. The Bertz CT molecular complexity index is 488. The third-order valence-electron chi connectivity index (χ3n) is 2.95. The van der Waals surface area contributed by atoms with Crippen molar-refractivity contribution in [3.63, 3.8) is 0 Å². The molecule has 102 valence electrons. The van der Waals surface area contributed by atoms with E-state index in [0.717, 1.165) is 16.5 Å². The maximum atomic E-state index is 12.1. The lowest BCUT2D eigenvalue weighted by Crippen LogP contribution is -2.35. The molecule has 1 aromatic carbocycles. The Hall–Kier alpha value is -0.390. The van der Waals surface area contributed by atoms with Crippen LogP contribution in [0.3, 0.4) is 0 Å². The molecule has 0 aromatic heterocycles. The van der Waals surface area contributed by atoms with E-state index in [0.29, 0.717) is 6.54 Å². The average molecular weight is 334 g/mol. The summed E-state index contributed by atoms with van der Waals surface area (Å²) in [6, 6.07) is 7.61. The maximum absolute atomic E-state index is 12.1. The third-order valence-corrected chi connectivity index (χ3v) is 5.62. The molecule has 0 radical (unpaired) electrons. The van der Waals surface area contributed by atoms with E-state index in [1.54, 1.807) is 11.2 Å². The van der Waals surface area contributed by atoms with Gasteiger partial charge in [-0.3, -0.25) is 0 Å².